The minimum Gasteiger partial charge on any atom is -0.455 e. The Bertz CT molecular complexity index is 631. The molecule has 1 amide bonds. The molecule has 1 aliphatic carbocycles. The zero-order chi connectivity index (χ0) is 18.4. The van der Waals surface area contributed by atoms with E-state index in [0.717, 1.165) is 32.1 Å². The second-order valence-electron chi connectivity index (χ2n) is 7.96. The van der Waals surface area contributed by atoms with Crippen molar-refractivity contribution in [3.05, 3.63) is 11.3 Å². The van der Waals surface area contributed by atoms with Crippen molar-refractivity contribution in [1.82, 2.24) is 4.90 Å². The molecule has 3 aliphatic rings. The monoisotopic (exact) mass is 366 g/mol. The van der Waals surface area contributed by atoms with E-state index in [1.54, 1.807) is 20.8 Å². The van der Waals surface area contributed by atoms with E-state index in [-0.39, 0.29) is 28.7 Å². The Hall–Kier alpha value is -1.34. The predicted molar refractivity (Wildman–Crippen MR) is 95.5 cm³/mol. The first-order valence-electron chi connectivity index (χ1n) is 8.91. The highest BCUT2D eigenvalue weighted by molar-refractivity contribution is 8.00. The van der Waals surface area contributed by atoms with Crippen molar-refractivity contribution in [2.24, 2.45) is 11.7 Å². The smallest absolute Gasteiger partial charge is 0.356 e. The van der Waals surface area contributed by atoms with Gasteiger partial charge >= 0.3 is 5.97 Å². The molecule has 0 aromatic carbocycles. The molecule has 2 N–H and O–H groups in total. The maximum Gasteiger partial charge on any atom is 0.356 e. The van der Waals surface area contributed by atoms with Crippen LogP contribution in [0.5, 0.6) is 0 Å². The highest BCUT2D eigenvalue weighted by Crippen LogP contribution is 2.42. The minimum atomic E-state index is -0.695. The number of fused-ring (bicyclic) bond motifs is 1. The number of nitrogens with two attached hydrogens (primary N) is 1. The Balaban J connectivity index is 1.95. The van der Waals surface area contributed by atoms with Gasteiger partial charge in [-0.3, -0.25) is 14.5 Å². The van der Waals surface area contributed by atoms with Crippen molar-refractivity contribution >= 4 is 29.4 Å². The fourth-order valence-corrected chi connectivity index (χ4v) is 4.93. The number of ketones is 1. The predicted octanol–water partition coefficient (Wildman–Crippen LogP) is 1.97. The molecule has 0 radical (unpaired) electrons. The maximum absolute atomic E-state index is 13.0. The molecule has 1 unspecified atom stereocenters. The first-order chi connectivity index (χ1) is 11.7. The highest BCUT2D eigenvalue weighted by Gasteiger charge is 2.53. The van der Waals surface area contributed by atoms with Crippen LogP contribution in [0.1, 0.15) is 52.9 Å². The molecule has 0 aromatic heterocycles. The molecule has 2 heterocycles. The number of β-lactam (4-membered cyclic amide) rings is 1. The second-order valence-corrected chi connectivity index (χ2v) is 9.07. The van der Waals surface area contributed by atoms with Crippen LogP contribution < -0.4 is 5.73 Å². The summed E-state index contributed by atoms with van der Waals surface area (Å²) in [5.74, 6) is -0.557. The summed E-state index contributed by atoms with van der Waals surface area (Å²) >= 11 is 1.46. The molecule has 2 fully saturated rings. The van der Waals surface area contributed by atoms with Crippen LogP contribution in [0.15, 0.2) is 11.3 Å². The van der Waals surface area contributed by atoms with Crippen LogP contribution in [0.25, 0.3) is 0 Å². The van der Waals surface area contributed by atoms with Gasteiger partial charge in [0, 0.05) is 17.2 Å². The summed E-state index contributed by atoms with van der Waals surface area (Å²) in [5.41, 5.74) is 5.72. The Labute approximate surface area is 152 Å². The molecule has 1 saturated heterocycles. The maximum atomic E-state index is 13.0. The Kier molecular flexibility index (Phi) is 4.99. The van der Waals surface area contributed by atoms with Gasteiger partial charge in [-0.2, -0.15) is 0 Å². The van der Waals surface area contributed by atoms with E-state index in [0.29, 0.717) is 11.3 Å². The van der Waals surface area contributed by atoms with Gasteiger partial charge in [-0.1, -0.05) is 19.3 Å². The summed E-state index contributed by atoms with van der Waals surface area (Å²) in [6, 6.07) is -0.617. The number of hydrogen-bond donors (Lipinski definition) is 1. The molecule has 0 spiro atoms. The molecular weight excluding hydrogens is 340 g/mol. The van der Waals surface area contributed by atoms with Crippen LogP contribution in [-0.4, -0.2) is 45.3 Å². The van der Waals surface area contributed by atoms with E-state index in [2.05, 4.69) is 0 Å². The molecular formula is C18H26N2O4S. The van der Waals surface area contributed by atoms with Crippen molar-refractivity contribution in [1.29, 1.82) is 0 Å². The number of ether oxygens (including phenoxy) is 1. The normalized spacial score (nSPS) is 27.7. The lowest BCUT2D eigenvalue weighted by Gasteiger charge is -2.48. The van der Waals surface area contributed by atoms with E-state index in [1.165, 1.54) is 16.7 Å². The summed E-state index contributed by atoms with van der Waals surface area (Å²) < 4.78 is 5.49. The minimum absolute atomic E-state index is 0.000203. The standard InChI is InChI=1S/C18H26N2O4S/c1-18(2,3)24-17(23)13-11(14(21)10-7-5-4-6-8-10)9-25-16-12(19)15(22)20(13)16/h10,12,16H,4-9,19H2,1-3H3/t12?,16-/m0/s1. The number of rotatable bonds is 3. The van der Waals surface area contributed by atoms with E-state index in [4.69, 9.17) is 10.5 Å². The molecule has 2 aliphatic heterocycles. The number of carbonyl (C=O) groups excluding carboxylic acids is 3. The number of esters is 1. The fraction of sp³-hybridized carbons (Fsp3) is 0.722. The highest BCUT2D eigenvalue weighted by atomic mass is 32.2. The van der Waals surface area contributed by atoms with Crippen molar-refractivity contribution in [2.45, 2.75) is 69.9 Å². The van der Waals surface area contributed by atoms with Crippen LogP contribution in [-0.2, 0) is 19.1 Å². The van der Waals surface area contributed by atoms with Gasteiger partial charge in [0.25, 0.3) is 0 Å². The Morgan fingerprint density at radius 2 is 1.84 bits per heavy atom. The molecule has 0 aromatic rings. The molecule has 3 rings (SSSR count). The van der Waals surface area contributed by atoms with Crippen LogP contribution in [0, 0.1) is 5.92 Å². The topological polar surface area (TPSA) is 89.7 Å². The van der Waals surface area contributed by atoms with Crippen LogP contribution in [0.4, 0.5) is 0 Å². The van der Waals surface area contributed by atoms with Crippen molar-refractivity contribution in [3.63, 3.8) is 0 Å². The van der Waals surface area contributed by atoms with Crippen LogP contribution >= 0.6 is 11.8 Å². The zero-order valence-electron chi connectivity index (χ0n) is 15.0. The van der Waals surface area contributed by atoms with E-state index in [9.17, 15) is 14.4 Å². The third-order valence-corrected chi connectivity index (χ3v) is 6.18. The third kappa shape index (κ3) is 3.49. The first kappa shape index (κ1) is 18.5. The average molecular weight is 366 g/mol. The average Bonchev–Trinajstić information content (AvgIpc) is 2.58. The lowest BCUT2D eigenvalue weighted by molar-refractivity contribution is -0.158. The second kappa shape index (κ2) is 6.76. The van der Waals surface area contributed by atoms with Gasteiger partial charge in [0.15, 0.2) is 5.78 Å². The van der Waals surface area contributed by atoms with Crippen LogP contribution in [0.3, 0.4) is 0 Å². The number of carbonyl (C=O) groups is 3. The number of thioether (sulfide) groups is 1. The molecule has 0 bridgehead atoms. The Morgan fingerprint density at radius 3 is 2.44 bits per heavy atom. The molecule has 1 saturated carbocycles. The zero-order valence-corrected chi connectivity index (χ0v) is 15.9. The summed E-state index contributed by atoms with van der Waals surface area (Å²) in [5, 5.41) is -0.280. The number of Topliss-reactive ketones (excluding diaryl/α,β-unsaturated/α-hetero) is 1. The molecule has 6 nitrogen and oxygen atoms in total. The van der Waals surface area contributed by atoms with Gasteiger partial charge in [-0.05, 0) is 33.6 Å². The lowest BCUT2D eigenvalue weighted by Crippen LogP contribution is -2.68. The van der Waals surface area contributed by atoms with Gasteiger partial charge in [0.2, 0.25) is 5.91 Å². The quantitative estimate of drug-likeness (QED) is 0.607. The molecule has 138 valence electrons. The van der Waals surface area contributed by atoms with Gasteiger partial charge in [-0.15, -0.1) is 11.8 Å². The van der Waals surface area contributed by atoms with Crippen molar-refractivity contribution in [2.75, 3.05) is 5.75 Å². The summed E-state index contributed by atoms with van der Waals surface area (Å²) in [4.78, 5) is 39.5. The van der Waals surface area contributed by atoms with Gasteiger partial charge < -0.3 is 10.5 Å². The fourth-order valence-electron chi connectivity index (χ4n) is 3.63. The Morgan fingerprint density at radius 1 is 1.20 bits per heavy atom. The number of nitrogens with zero attached hydrogens (tertiary/aromatic N) is 1. The first-order valence-corrected chi connectivity index (χ1v) is 9.96. The van der Waals surface area contributed by atoms with Gasteiger partial charge in [0.1, 0.15) is 22.7 Å². The van der Waals surface area contributed by atoms with E-state index >= 15 is 0 Å². The number of amides is 1. The van der Waals surface area contributed by atoms with E-state index in [1.807, 2.05) is 0 Å². The number of hydrogen-bond acceptors (Lipinski definition) is 6. The summed E-state index contributed by atoms with van der Waals surface area (Å²) in [6.07, 6.45) is 4.93. The van der Waals surface area contributed by atoms with Gasteiger partial charge in [-0.25, -0.2) is 4.79 Å². The van der Waals surface area contributed by atoms with Crippen LogP contribution in [0.2, 0.25) is 0 Å². The largest absolute Gasteiger partial charge is 0.455 e. The van der Waals surface area contributed by atoms with Crippen molar-refractivity contribution < 1.29 is 19.1 Å². The molecule has 25 heavy (non-hydrogen) atoms. The van der Waals surface area contributed by atoms with Gasteiger partial charge in [0.05, 0.1) is 0 Å². The van der Waals surface area contributed by atoms with Crippen molar-refractivity contribution in [3.8, 4) is 0 Å². The summed E-state index contributed by atoms with van der Waals surface area (Å²) in [6.45, 7) is 5.31. The molecule has 7 heteroatoms. The molecule has 2 atom stereocenters. The third-order valence-electron chi connectivity index (χ3n) is 4.88. The van der Waals surface area contributed by atoms with E-state index < -0.39 is 17.6 Å². The lowest BCUT2D eigenvalue weighted by atomic mass is 9.83. The SMILES string of the molecule is CC(C)(C)OC(=O)C1=C(C(=O)C2CCCCC2)CS[C@H]2C(N)C(=O)N12. The summed E-state index contributed by atoms with van der Waals surface area (Å²) in [7, 11) is 0.